The monoisotopic (exact) mass is 426 g/mol. The molecule has 0 fully saturated rings. The molecule has 0 amide bonds. The van der Waals surface area contributed by atoms with Crippen LogP contribution in [0.3, 0.4) is 0 Å². The summed E-state index contributed by atoms with van der Waals surface area (Å²) in [5, 5.41) is 0. The third-order valence-corrected chi connectivity index (χ3v) is 6.08. The van der Waals surface area contributed by atoms with Crippen LogP contribution in [0.4, 0.5) is 4.39 Å². The van der Waals surface area contributed by atoms with Gasteiger partial charge in [0.25, 0.3) is 0 Å². The second-order valence-corrected chi connectivity index (χ2v) is 8.28. The number of hydrogen-bond donors (Lipinski definition) is 1. The first-order chi connectivity index (χ1) is 14.5. The van der Waals surface area contributed by atoms with Crippen LogP contribution >= 0.6 is 0 Å². The first-order valence-corrected chi connectivity index (χ1v) is 10.7. The van der Waals surface area contributed by atoms with Gasteiger partial charge in [-0.3, -0.25) is 0 Å². The lowest BCUT2D eigenvalue weighted by Crippen LogP contribution is -2.27. The highest BCUT2D eigenvalue weighted by molar-refractivity contribution is 7.89. The van der Waals surface area contributed by atoms with Crippen LogP contribution in [0.1, 0.15) is 0 Å². The van der Waals surface area contributed by atoms with Gasteiger partial charge in [-0.2, -0.15) is 0 Å². The normalized spacial score (nSPS) is 11.7. The van der Waals surface area contributed by atoms with Gasteiger partial charge < -0.3 is 9.30 Å². The van der Waals surface area contributed by atoms with Gasteiger partial charge in [-0.15, -0.1) is 0 Å². The first kappa shape index (κ1) is 20.0. The molecule has 0 bridgehead atoms. The highest BCUT2D eigenvalue weighted by Crippen LogP contribution is 2.24. The van der Waals surface area contributed by atoms with Crippen molar-refractivity contribution in [3.63, 3.8) is 0 Å². The number of nitrogens with zero attached hydrogens (tertiary/aromatic N) is 3. The molecular formula is C21H19FN4O3S. The zero-order valence-corrected chi connectivity index (χ0v) is 16.9. The minimum Gasteiger partial charge on any atom is -0.497 e. The number of fused-ring (bicyclic) bond motifs is 1. The summed E-state index contributed by atoms with van der Waals surface area (Å²) in [6.07, 6.45) is 1.65. The molecule has 0 spiro atoms. The van der Waals surface area contributed by atoms with Gasteiger partial charge in [-0.1, -0.05) is 0 Å². The predicted molar refractivity (Wildman–Crippen MR) is 111 cm³/mol. The van der Waals surface area contributed by atoms with Crippen molar-refractivity contribution in [3.05, 3.63) is 72.7 Å². The van der Waals surface area contributed by atoms with Crippen LogP contribution in [-0.4, -0.2) is 36.6 Å². The van der Waals surface area contributed by atoms with E-state index in [1.807, 2.05) is 10.6 Å². The quantitative estimate of drug-likeness (QED) is 0.490. The molecule has 7 nitrogen and oxygen atoms in total. The van der Waals surface area contributed by atoms with Crippen LogP contribution in [0.5, 0.6) is 5.75 Å². The Hall–Kier alpha value is -3.30. The average molecular weight is 426 g/mol. The lowest BCUT2D eigenvalue weighted by Gasteiger charge is -2.11. The van der Waals surface area contributed by atoms with E-state index in [2.05, 4.69) is 14.7 Å². The van der Waals surface area contributed by atoms with Crippen LogP contribution in [0, 0.1) is 5.82 Å². The largest absolute Gasteiger partial charge is 0.497 e. The van der Waals surface area contributed by atoms with Crippen LogP contribution in [0.25, 0.3) is 22.6 Å². The molecule has 0 aliphatic heterocycles. The summed E-state index contributed by atoms with van der Waals surface area (Å²) < 4.78 is 48.0. The molecule has 154 valence electrons. The molecule has 2 aromatic heterocycles. The van der Waals surface area contributed by atoms with Crippen molar-refractivity contribution in [2.24, 2.45) is 0 Å². The highest BCUT2D eigenvalue weighted by Gasteiger charge is 2.16. The molecule has 0 saturated carbocycles. The Labute approximate surface area is 173 Å². The average Bonchev–Trinajstić information content (AvgIpc) is 3.13. The van der Waals surface area contributed by atoms with Gasteiger partial charge in [-0.05, 0) is 60.7 Å². The number of pyridine rings is 1. The fourth-order valence-corrected chi connectivity index (χ4v) is 4.14. The Morgan fingerprint density at radius 2 is 1.80 bits per heavy atom. The molecule has 9 heteroatoms. The highest BCUT2D eigenvalue weighted by atomic mass is 32.2. The molecule has 30 heavy (non-hydrogen) atoms. The second kappa shape index (κ2) is 8.21. The summed E-state index contributed by atoms with van der Waals surface area (Å²) in [5.41, 5.74) is 2.02. The Kier molecular flexibility index (Phi) is 5.47. The van der Waals surface area contributed by atoms with E-state index in [-0.39, 0.29) is 17.3 Å². The molecule has 2 heterocycles. The summed E-state index contributed by atoms with van der Waals surface area (Å²) in [7, 11) is -2.17. The third-order valence-electron chi connectivity index (χ3n) is 4.60. The zero-order valence-electron chi connectivity index (χ0n) is 16.1. The molecule has 0 aliphatic carbocycles. The van der Waals surface area contributed by atoms with Crippen molar-refractivity contribution >= 4 is 21.2 Å². The van der Waals surface area contributed by atoms with Crippen LogP contribution in [0.15, 0.2) is 71.8 Å². The summed E-state index contributed by atoms with van der Waals surface area (Å²) >= 11 is 0. The van der Waals surface area contributed by atoms with Crippen molar-refractivity contribution in [2.75, 3.05) is 13.7 Å². The molecule has 0 radical (unpaired) electrons. The van der Waals surface area contributed by atoms with Gasteiger partial charge in [0.2, 0.25) is 10.0 Å². The van der Waals surface area contributed by atoms with Gasteiger partial charge in [-0.25, -0.2) is 27.5 Å². The SMILES string of the molecule is COc1ccc(S(=O)(=O)NCCn2c(-c3ccc(F)cc3)nc3cccnc32)cc1. The molecule has 0 atom stereocenters. The van der Waals surface area contributed by atoms with Gasteiger partial charge in [0.05, 0.1) is 12.0 Å². The number of benzene rings is 2. The zero-order chi connectivity index (χ0) is 21.1. The molecule has 4 aromatic rings. The number of rotatable bonds is 7. The van der Waals surface area contributed by atoms with Crippen LogP contribution in [0.2, 0.25) is 0 Å². The molecule has 0 aliphatic rings. The summed E-state index contributed by atoms with van der Waals surface area (Å²) in [6.45, 7) is 0.431. The van der Waals surface area contributed by atoms with Gasteiger partial charge >= 0.3 is 0 Å². The van der Waals surface area contributed by atoms with Crippen LogP contribution in [-0.2, 0) is 16.6 Å². The predicted octanol–water partition coefficient (Wildman–Crippen LogP) is 3.22. The molecule has 1 N–H and O–H groups in total. The maximum absolute atomic E-state index is 13.3. The Bertz CT molecular complexity index is 1270. The van der Waals surface area contributed by atoms with E-state index in [1.165, 1.54) is 31.4 Å². The van der Waals surface area contributed by atoms with Gasteiger partial charge in [0.15, 0.2) is 5.65 Å². The van der Waals surface area contributed by atoms with Crippen LogP contribution < -0.4 is 9.46 Å². The van der Waals surface area contributed by atoms with Crippen molar-refractivity contribution in [1.29, 1.82) is 0 Å². The number of methoxy groups -OCH3 is 1. The lowest BCUT2D eigenvalue weighted by atomic mass is 10.2. The van der Waals surface area contributed by atoms with E-state index in [0.717, 1.165) is 0 Å². The van der Waals surface area contributed by atoms with E-state index >= 15 is 0 Å². The van der Waals surface area contributed by atoms with Gasteiger partial charge in [0.1, 0.15) is 22.9 Å². The van der Waals surface area contributed by atoms with E-state index < -0.39 is 10.0 Å². The first-order valence-electron chi connectivity index (χ1n) is 9.19. The molecular weight excluding hydrogens is 407 g/mol. The van der Waals surface area contributed by atoms with Crippen molar-refractivity contribution in [2.45, 2.75) is 11.4 Å². The van der Waals surface area contributed by atoms with E-state index in [9.17, 15) is 12.8 Å². The Morgan fingerprint density at radius 1 is 1.07 bits per heavy atom. The van der Waals surface area contributed by atoms with Crippen molar-refractivity contribution in [3.8, 4) is 17.1 Å². The van der Waals surface area contributed by atoms with Crippen molar-refractivity contribution in [1.82, 2.24) is 19.3 Å². The summed E-state index contributed by atoms with van der Waals surface area (Å²) in [4.78, 5) is 9.11. The molecule has 0 saturated heterocycles. The number of sulfonamides is 1. The van der Waals surface area contributed by atoms with Gasteiger partial charge in [0, 0.05) is 24.8 Å². The molecule has 4 rings (SSSR count). The smallest absolute Gasteiger partial charge is 0.240 e. The van der Waals surface area contributed by atoms with Crippen molar-refractivity contribution < 1.29 is 17.5 Å². The maximum Gasteiger partial charge on any atom is 0.240 e. The number of halogens is 1. The van der Waals surface area contributed by atoms with E-state index in [4.69, 9.17) is 4.74 Å². The Balaban J connectivity index is 1.59. The fraction of sp³-hybridized carbons (Fsp3) is 0.143. The fourth-order valence-electron chi connectivity index (χ4n) is 3.12. The number of imidazole rings is 1. The number of aromatic nitrogens is 3. The summed E-state index contributed by atoms with van der Waals surface area (Å²) in [5.74, 6) is 0.827. The van der Waals surface area contributed by atoms with E-state index in [0.29, 0.717) is 34.8 Å². The molecule has 2 aromatic carbocycles. The summed E-state index contributed by atoms with van der Waals surface area (Å²) in [6, 6.07) is 15.7. The standard InChI is InChI=1S/C21H19FN4O3S/c1-29-17-8-10-18(11-9-17)30(27,28)24-13-14-26-20(15-4-6-16(22)7-5-15)25-19-3-2-12-23-21(19)26/h2-12,24H,13-14H2,1H3. The minimum absolute atomic E-state index is 0.130. The number of hydrogen-bond acceptors (Lipinski definition) is 5. The number of nitrogens with one attached hydrogen (secondary N) is 1. The van der Waals surface area contributed by atoms with E-state index in [1.54, 1.807) is 36.5 Å². The topological polar surface area (TPSA) is 86.1 Å². The minimum atomic E-state index is -3.68. The lowest BCUT2D eigenvalue weighted by molar-refractivity contribution is 0.414. The molecule has 0 unspecified atom stereocenters. The second-order valence-electron chi connectivity index (χ2n) is 6.51. The maximum atomic E-state index is 13.3. The Morgan fingerprint density at radius 3 is 2.50 bits per heavy atom. The number of ether oxygens (including phenoxy) is 1. The third kappa shape index (κ3) is 4.03.